The molecular weight excluding hydrogens is 192 g/mol. The van der Waals surface area contributed by atoms with Gasteiger partial charge in [-0.3, -0.25) is 0 Å². The SMILES string of the molecule is C=CC/C(=C/c1ccccc1)CCCCC. The van der Waals surface area contributed by atoms with Crippen LogP contribution in [0.1, 0.15) is 44.6 Å². The topological polar surface area (TPSA) is 0 Å². The Bertz CT molecular complexity index is 319. The highest BCUT2D eigenvalue weighted by Gasteiger charge is 1.96. The Labute approximate surface area is 99.7 Å². The summed E-state index contributed by atoms with van der Waals surface area (Å²) in [4.78, 5) is 0. The van der Waals surface area contributed by atoms with E-state index < -0.39 is 0 Å². The molecule has 0 heteroatoms. The normalized spacial score (nSPS) is 11.4. The van der Waals surface area contributed by atoms with Gasteiger partial charge in [0.15, 0.2) is 0 Å². The standard InChI is InChI=1S/C16H22/c1-3-5-7-11-15(10-4-2)14-16-12-8-6-9-13-16/h4,6,8-9,12-14H,2-3,5,7,10-11H2,1H3/b15-14-. The van der Waals surface area contributed by atoms with Crippen LogP contribution in [0.2, 0.25) is 0 Å². The number of benzene rings is 1. The molecule has 0 fully saturated rings. The van der Waals surface area contributed by atoms with Crippen molar-refractivity contribution in [3.05, 3.63) is 54.1 Å². The molecule has 86 valence electrons. The maximum Gasteiger partial charge on any atom is -0.0138 e. The molecular formula is C16H22. The summed E-state index contributed by atoms with van der Waals surface area (Å²) in [7, 11) is 0. The lowest BCUT2D eigenvalue weighted by Crippen LogP contribution is -1.84. The summed E-state index contributed by atoms with van der Waals surface area (Å²) >= 11 is 0. The highest BCUT2D eigenvalue weighted by Crippen LogP contribution is 2.17. The lowest BCUT2D eigenvalue weighted by molar-refractivity contribution is 0.709. The minimum Gasteiger partial charge on any atom is -0.103 e. The summed E-state index contributed by atoms with van der Waals surface area (Å²) in [6.07, 6.45) is 10.4. The van der Waals surface area contributed by atoms with Crippen LogP contribution in [0.3, 0.4) is 0 Å². The van der Waals surface area contributed by atoms with Crippen LogP contribution in [0.25, 0.3) is 6.08 Å². The van der Waals surface area contributed by atoms with E-state index in [2.05, 4.69) is 49.9 Å². The van der Waals surface area contributed by atoms with E-state index in [0.717, 1.165) is 6.42 Å². The van der Waals surface area contributed by atoms with Crippen molar-refractivity contribution in [2.45, 2.75) is 39.0 Å². The van der Waals surface area contributed by atoms with Gasteiger partial charge in [0.05, 0.1) is 0 Å². The van der Waals surface area contributed by atoms with Gasteiger partial charge in [-0.15, -0.1) is 6.58 Å². The summed E-state index contributed by atoms with van der Waals surface area (Å²) in [5, 5.41) is 0. The molecule has 0 nitrogen and oxygen atoms in total. The molecule has 1 rings (SSSR count). The summed E-state index contributed by atoms with van der Waals surface area (Å²) in [5.41, 5.74) is 2.80. The molecule has 0 aliphatic heterocycles. The molecule has 0 aromatic heterocycles. The Kier molecular flexibility index (Phi) is 6.32. The molecule has 0 radical (unpaired) electrons. The second kappa shape index (κ2) is 7.92. The van der Waals surface area contributed by atoms with Gasteiger partial charge < -0.3 is 0 Å². The van der Waals surface area contributed by atoms with Gasteiger partial charge in [-0.05, 0) is 24.8 Å². The Morgan fingerprint density at radius 3 is 2.56 bits per heavy atom. The Hall–Kier alpha value is -1.30. The molecule has 0 aliphatic rings. The molecule has 0 amide bonds. The number of hydrogen-bond donors (Lipinski definition) is 0. The fourth-order valence-electron chi connectivity index (χ4n) is 1.81. The molecule has 0 aliphatic carbocycles. The zero-order chi connectivity index (χ0) is 11.6. The van der Waals surface area contributed by atoms with E-state index in [9.17, 15) is 0 Å². The fraction of sp³-hybridized carbons (Fsp3) is 0.375. The van der Waals surface area contributed by atoms with Crippen molar-refractivity contribution < 1.29 is 0 Å². The lowest BCUT2D eigenvalue weighted by atomic mass is 10.0. The minimum atomic E-state index is 1.01. The van der Waals surface area contributed by atoms with Gasteiger partial charge in [-0.2, -0.15) is 0 Å². The van der Waals surface area contributed by atoms with E-state index in [4.69, 9.17) is 0 Å². The summed E-state index contributed by atoms with van der Waals surface area (Å²) < 4.78 is 0. The molecule has 0 saturated carbocycles. The summed E-state index contributed by atoms with van der Waals surface area (Å²) in [6, 6.07) is 10.5. The second-order valence-corrected chi connectivity index (χ2v) is 4.16. The van der Waals surface area contributed by atoms with Crippen molar-refractivity contribution >= 4 is 6.08 Å². The van der Waals surface area contributed by atoms with Crippen LogP contribution in [0.4, 0.5) is 0 Å². The maximum atomic E-state index is 3.83. The predicted octanol–water partition coefficient (Wildman–Crippen LogP) is 5.23. The van der Waals surface area contributed by atoms with Crippen LogP contribution < -0.4 is 0 Å². The third kappa shape index (κ3) is 4.97. The number of unbranched alkanes of at least 4 members (excludes halogenated alkanes) is 2. The quantitative estimate of drug-likeness (QED) is 0.431. The van der Waals surface area contributed by atoms with Gasteiger partial charge in [0, 0.05) is 0 Å². The van der Waals surface area contributed by atoms with E-state index in [1.54, 1.807) is 0 Å². The summed E-state index contributed by atoms with van der Waals surface area (Å²) in [5.74, 6) is 0. The molecule has 0 unspecified atom stereocenters. The molecule has 0 atom stereocenters. The van der Waals surface area contributed by atoms with Crippen molar-refractivity contribution in [3.63, 3.8) is 0 Å². The van der Waals surface area contributed by atoms with E-state index in [-0.39, 0.29) is 0 Å². The van der Waals surface area contributed by atoms with Crippen LogP contribution >= 0.6 is 0 Å². The van der Waals surface area contributed by atoms with Crippen LogP contribution in [0.15, 0.2) is 48.6 Å². The first-order valence-electron chi connectivity index (χ1n) is 6.22. The number of allylic oxidation sites excluding steroid dienone is 2. The lowest BCUT2D eigenvalue weighted by Gasteiger charge is -2.04. The average Bonchev–Trinajstić information content (AvgIpc) is 2.31. The van der Waals surface area contributed by atoms with Crippen LogP contribution in [-0.4, -0.2) is 0 Å². The van der Waals surface area contributed by atoms with Crippen molar-refractivity contribution in [2.24, 2.45) is 0 Å². The molecule has 1 aromatic rings. The first-order chi connectivity index (χ1) is 7.86. The molecule has 0 N–H and O–H groups in total. The molecule has 0 heterocycles. The van der Waals surface area contributed by atoms with Gasteiger partial charge in [-0.25, -0.2) is 0 Å². The van der Waals surface area contributed by atoms with E-state index in [1.807, 2.05) is 6.08 Å². The Morgan fingerprint density at radius 2 is 1.94 bits per heavy atom. The average molecular weight is 214 g/mol. The minimum absolute atomic E-state index is 1.01. The van der Waals surface area contributed by atoms with Gasteiger partial charge in [0.1, 0.15) is 0 Å². The predicted molar refractivity (Wildman–Crippen MR) is 73.4 cm³/mol. The largest absolute Gasteiger partial charge is 0.103 e. The van der Waals surface area contributed by atoms with Gasteiger partial charge in [0.25, 0.3) is 0 Å². The first kappa shape index (κ1) is 12.8. The molecule has 0 spiro atoms. The Morgan fingerprint density at radius 1 is 1.19 bits per heavy atom. The van der Waals surface area contributed by atoms with Crippen LogP contribution in [-0.2, 0) is 0 Å². The van der Waals surface area contributed by atoms with E-state index in [0.29, 0.717) is 0 Å². The van der Waals surface area contributed by atoms with Crippen molar-refractivity contribution in [3.8, 4) is 0 Å². The van der Waals surface area contributed by atoms with Crippen molar-refractivity contribution in [2.75, 3.05) is 0 Å². The number of hydrogen-bond acceptors (Lipinski definition) is 0. The zero-order valence-electron chi connectivity index (χ0n) is 10.3. The zero-order valence-corrected chi connectivity index (χ0v) is 10.3. The molecule has 1 aromatic carbocycles. The van der Waals surface area contributed by atoms with Crippen LogP contribution in [0.5, 0.6) is 0 Å². The third-order valence-electron chi connectivity index (χ3n) is 2.68. The van der Waals surface area contributed by atoms with Crippen LogP contribution in [0, 0.1) is 0 Å². The highest BCUT2D eigenvalue weighted by atomic mass is 14.0. The van der Waals surface area contributed by atoms with Gasteiger partial charge in [-0.1, -0.05) is 67.8 Å². The first-order valence-corrected chi connectivity index (χ1v) is 6.22. The molecule has 0 bridgehead atoms. The molecule has 0 saturated heterocycles. The summed E-state index contributed by atoms with van der Waals surface area (Å²) in [6.45, 7) is 6.07. The van der Waals surface area contributed by atoms with E-state index >= 15 is 0 Å². The van der Waals surface area contributed by atoms with Crippen molar-refractivity contribution in [1.29, 1.82) is 0 Å². The smallest absolute Gasteiger partial charge is 0.0138 e. The van der Waals surface area contributed by atoms with Gasteiger partial charge in [0.2, 0.25) is 0 Å². The maximum absolute atomic E-state index is 3.83. The third-order valence-corrected chi connectivity index (χ3v) is 2.68. The molecule has 16 heavy (non-hydrogen) atoms. The van der Waals surface area contributed by atoms with Crippen molar-refractivity contribution in [1.82, 2.24) is 0 Å². The van der Waals surface area contributed by atoms with Gasteiger partial charge >= 0.3 is 0 Å². The second-order valence-electron chi connectivity index (χ2n) is 4.16. The van der Waals surface area contributed by atoms with E-state index in [1.165, 1.54) is 36.8 Å². The highest BCUT2D eigenvalue weighted by molar-refractivity contribution is 5.52. The monoisotopic (exact) mass is 214 g/mol. The number of rotatable bonds is 7. The Balaban J connectivity index is 2.61. The fourth-order valence-corrected chi connectivity index (χ4v) is 1.81.